The first kappa shape index (κ1) is 14.5. The van der Waals surface area contributed by atoms with Gasteiger partial charge in [0.05, 0.1) is 12.8 Å². The van der Waals surface area contributed by atoms with E-state index in [1.54, 1.807) is 6.20 Å². The van der Waals surface area contributed by atoms with Gasteiger partial charge in [-0.05, 0) is 44.7 Å². The fraction of sp³-hybridized carbons (Fsp3) is 0.733. The van der Waals surface area contributed by atoms with Crippen molar-refractivity contribution in [3.05, 3.63) is 17.5 Å². The molecule has 6 heteroatoms. The Bertz CT molecular complexity index is 494. The number of hydrogen-bond donors (Lipinski definition) is 2. The average molecular weight is 292 g/mol. The maximum atomic E-state index is 11.9. The predicted molar refractivity (Wildman–Crippen MR) is 79.0 cm³/mol. The van der Waals surface area contributed by atoms with Crippen molar-refractivity contribution in [1.29, 1.82) is 0 Å². The van der Waals surface area contributed by atoms with E-state index in [1.807, 2.05) is 6.92 Å². The molecule has 1 aromatic rings. The van der Waals surface area contributed by atoms with Crippen LogP contribution >= 0.6 is 0 Å². The van der Waals surface area contributed by atoms with E-state index in [4.69, 9.17) is 4.74 Å². The van der Waals surface area contributed by atoms with Gasteiger partial charge in [0, 0.05) is 25.2 Å². The summed E-state index contributed by atoms with van der Waals surface area (Å²) < 4.78 is 5.07. The number of likely N-dealkylation sites (tertiary alicyclic amines) is 1. The smallest absolute Gasteiger partial charge is 0.356 e. The quantitative estimate of drug-likeness (QED) is 0.815. The van der Waals surface area contributed by atoms with Crippen molar-refractivity contribution in [2.24, 2.45) is 5.41 Å². The van der Waals surface area contributed by atoms with Crippen molar-refractivity contribution in [3.8, 4) is 0 Å². The molecule has 0 unspecified atom stereocenters. The van der Waals surface area contributed by atoms with Crippen molar-refractivity contribution in [1.82, 2.24) is 20.4 Å². The summed E-state index contributed by atoms with van der Waals surface area (Å²) in [5, 5.41) is 10.3. The Morgan fingerprint density at radius 3 is 3.19 bits per heavy atom. The third-order valence-electron chi connectivity index (χ3n) is 4.66. The van der Waals surface area contributed by atoms with Crippen molar-refractivity contribution in [2.45, 2.75) is 32.7 Å². The normalized spacial score (nSPS) is 26.3. The number of rotatable bonds is 4. The molecule has 0 radical (unpaired) electrons. The topological polar surface area (TPSA) is 70.2 Å². The largest absolute Gasteiger partial charge is 0.461 e. The highest BCUT2D eigenvalue weighted by atomic mass is 16.5. The summed E-state index contributed by atoms with van der Waals surface area (Å²) >= 11 is 0. The molecular formula is C15H24N4O2. The summed E-state index contributed by atoms with van der Waals surface area (Å²) in [6.45, 7) is 7.42. The van der Waals surface area contributed by atoms with Gasteiger partial charge < -0.3 is 10.1 Å². The minimum atomic E-state index is -0.306. The lowest BCUT2D eigenvalue weighted by atomic mass is 9.79. The Hall–Kier alpha value is -1.40. The van der Waals surface area contributed by atoms with Crippen molar-refractivity contribution in [3.63, 3.8) is 0 Å². The standard InChI is InChI=1S/C15H24N4O2/c1-2-21-14(20)13-12(8-17-18-13)9-19-7-3-4-15(11-19)5-6-16-10-15/h8,16H,2-7,9-11H2,1H3,(H,17,18)/t15-/m1/s1. The summed E-state index contributed by atoms with van der Waals surface area (Å²) in [6, 6.07) is 0. The second-order valence-electron chi connectivity index (χ2n) is 6.23. The molecule has 1 spiro atoms. The van der Waals surface area contributed by atoms with Crippen LogP contribution in [0.3, 0.4) is 0 Å². The van der Waals surface area contributed by atoms with E-state index >= 15 is 0 Å². The van der Waals surface area contributed by atoms with Crippen LogP contribution < -0.4 is 5.32 Å². The van der Waals surface area contributed by atoms with E-state index < -0.39 is 0 Å². The van der Waals surface area contributed by atoms with Crippen LogP contribution in [-0.4, -0.2) is 53.9 Å². The molecule has 0 aromatic carbocycles. The second kappa shape index (κ2) is 6.15. The van der Waals surface area contributed by atoms with Crippen molar-refractivity contribution in [2.75, 3.05) is 32.8 Å². The van der Waals surface area contributed by atoms with Crippen LogP contribution in [-0.2, 0) is 11.3 Å². The lowest BCUT2D eigenvalue weighted by molar-refractivity contribution is 0.0514. The highest BCUT2D eigenvalue weighted by Gasteiger charge is 2.38. The number of nitrogens with zero attached hydrogens (tertiary/aromatic N) is 2. The lowest BCUT2D eigenvalue weighted by Gasteiger charge is -2.40. The number of aromatic amines is 1. The van der Waals surface area contributed by atoms with Gasteiger partial charge in [-0.25, -0.2) is 4.79 Å². The molecule has 0 amide bonds. The molecule has 2 fully saturated rings. The van der Waals surface area contributed by atoms with Gasteiger partial charge in [-0.2, -0.15) is 5.10 Å². The molecule has 2 saturated heterocycles. The van der Waals surface area contributed by atoms with Gasteiger partial charge in [0.25, 0.3) is 0 Å². The molecule has 2 aliphatic rings. The molecule has 0 aliphatic carbocycles. The molecule has 1 aromatic heterocycles. The SMILES string of the molecule is CCOC(=O)c1[nH]ncc1CN1CCC[C@]2(CCNC2)C1. The van der Waals surface area contributed by atoms with E-state index in [0.717, 1.165) is 38.3 Å². The van der Waals surface area contributed by atoms with Crippen LogP contribution in [0.5, 0.6) is 0 Å². The maximum absolute atomic E-state index is 11.9. The number of carbonyl (C=O) groups excluding carboxylic acids is 1. The van der Waals surface area contributed by atoms with Gasteiger partial charge in [-0.1, -0.05) is 0 Å². The third kappa shape index (κ3) is 3.11. The van der Waals surface area contributed by atoms with E-state index in [9.17, 15) is 4.79 Å². The van der Waals surface area contributed by atoms with Crippen LogP contribution in [0.15, 0.2) is 6.20 Å². The Morgan fingerprint density at radius 2 is 2.43 bits per heavy atom. The zero-order valence-electron chi connectivity index (χ0n) is 12.7. The molecule has 2 N–H and O–H groups in total. The van der Waals surface area contributed by atoms with Gasteiger partial charge in [-0.15, -0.1) is 0 Å². The molecule has 2 aliphatic heterocycles. The number of carbonyl (C=O) groups is 1. The molecule has 3 rings (SSSR count). The number of aromatic nitrogens is 2. The first-order chi connectivity index (χ1) is 10.2. The lowest BCUT2D eigenvalue weighted by Crippen LogP contribution is -2.44. The number of H-pyrrole nitrogens is 1. The monoisotopic (exact) mass is 292 g/mol. The molecular weight excluding hydrogens is 268 g/mol. The van der Waals surface area contributed by atoms with Crippen LogP contribution in [0, 0.1) is 5.41 Å². The number of hydrogen-bond acceptors (Lipinski definition) is 5. The molecule has 21 heavy (non-hydrogen) atoms. The van der Waals surface area contributed by atoms with E-state index in [2.05, 4.69) is 20.4 Å². The summed E-state index contributed by atoms with van der Waals surface area (Å²) in [7, 11) is 0. The highest BCUT2D eigenvalue weighted by molar-refractivity contribution is 5.88. The second-order valence-corrected chi connectivity index (χ2v) is 6.23. The summed E-state index contributed by atoms with van der Waals surface area (Å²) in [6.07, 6.45) is 5.56. The van der Waals surface area contributed by atoms with Crippen molar-refractivity contribution >= 4 is 5.97 Å². The van der Waals surface area contributed by atoms with Crippen LogP contribution in [0.1, 0.15) is 42.2 Å². The molecule has 116 valence electrons. The summed E-state index contributed by atoms with van der Waals surface area (Å²) in [5.74, 6) is -0.306. The Kier molecular flexibility index (Phi) is 4.26. The Labute approximate surface area is 125 Å². The summed E-state index contributed by atoms with van der Waals surface area (Å²) in [4.78, 5) is 14.3. The number of esters is 1. The molecule has 1 atom stereocenters. The number of piperidine rings is 1. The minimum absolute atomic E-state index is 0.306. The van der Waals surface area contributed by atoms with Crippen molar-refractivity contribution < 1.29 is 9.53 Å². The van der Waals surface area contributed by atoms with Crippen LogP contribution in [0.4, 0.5) is 0 Å². The van der Waals surface area contributed by atoms with Crippen LogP contribution in [0.2, 0.25) is 0 Å². The van der Waals surface area contributed by atoms with Gasteiger partial charge in [0.2, 0.25) is 0 Å². The molecule has 6 nitrogen and oxygen atoms in total. The molecule has 3 heterocycles. The minimum Gasteiger partial charge on any atom is -0.461 e. The van der Waals surface area contributed by atoms with Crippen LogP contribution in [0.25, 0.3) is 0 Å². The van der Waals surface area contributed by atoms with Gasteiger partial charge in [0.15, 0.2) is 0 Å². The number of nitrogens with one attached hydrogen (secondary N) is 2. The number of ether oxygens (including phenoxy) is 1. The van der Waals surface area contributed by atoms with E-state index in [1.165, 1.54) is 19.3 Å². The predicted octanol–water partition coefficient (Wildman–Crippen LogP) is 1.16. The third-order valence-corrected chi connectivity index (χ3v) is 4.66. The van der Waals surface area contributed by atoms with E-state index in [0.29, 0.717) is 17.7 Å². The zero-order valence-corrected chi connectivity index (χ0v) is 12.7. The Morgan fingerprint density at radius 1 is 1.52 bits per heavy atom. The van der Waals surface area contributed by atoms with Gasteiger partial charge in [0.1, 0.15) is 5.69 Å². The zero-order chi connectivity index (χ0) is 14.7. The Balaban J connectivity index is 1.66. The summed E-state index contributed by atoms with van der Waals surface area (Å²) in [5.41, 5.74) is 1.88. The first-order valence-corrected chi connectivity index (χ1v) is 7.85. The maximum Gasteiger partial charge on any atom is 0.356 e. The fourth-order valence-electron chi connectivity index (χ4n) is 3.64. The molecule has 0 saturated carbocycles. The van der Waals surface area contributed by atoms with E-state index in [-0.39, 0.29) is 5.97 Å². The first-order valence-electron chi connectivity index (χ1n) is 7.85. The van der Waals surface area contributed by atoms with Gasteiger partial charge >= 0.3 is 5.97 Å². The fourth-order valence-corrected chi connectivity index (χ4v) is 3.64. The highest BCUT2D eigenvalue weighted by Crippen LogP contribution is 2.36. The molecule has 0 bridgehead atoms. The average Bonchev–Trinajstić information content (AvgIpc) is 3.09. The van der Waals surface area contributed by atoms with Gasteiger partial charge in [-0.3, -0.25) is 10.00 Å².